The van der Waals surface area contributed by atoms with Crippen molar-refractivity contribution >= 4 is 22.9 Å². The minimum Gasteiger partial charge on any atom is -0.475 e. The lowest BCUT2D eigenvalue weighted by atomic mass is 10.1. The molecule has 0 unspecified atom stereocenters. The molecule has 3 aromatic rings. The van der Waals surface area contributed by atoms with Gasteiger partial charge in [-0.05, 0) is 25.1 Å². The molecule has 9 nitrogen and oxygen atoms in total. The number of H-pyrrole nitrogens is 1. The van der Waals surface area contributed by atoms with Crippen molar-refractivity contribution in [2.75, 3.05) is 26.2 Å². The Labute approximate surface area is 174 Å². The largest absolute Gasteiger partial charge is 0.490 e. The van der Waals surface area contributed by atoms with E-state index in [4.69, 9.17) is 9.90 Å². The number of fused-ring (bicyclic) bond motifs is 1. The third kappa shape index (κ3) is 5.54. The fraction of sp³-hybridized carbons (Fsp3) is 0.316. The van der Waals surface area contributed by atoms with E-state index < -0.39 is 12.1 Å². The van der Waals surface area contributed by atoms with Crippen molar-refractivity contribution in [2.45, 2.75) is 12.6 Å². The smallest absolute Gasteiger partial charge is 0.475 e. The zero-order chi connectivity index (χ0) is 22.4. The number of nitrogens with zero attached hydrogens (tertiary/aromatic N) is 4. The van der Waals surface area contributed by atoms with Gasteiger partial charge in [0.05, 0.1) is 18.1 Å². The fourth-order valence-electron chi connectivity index (χ4n) is 2.96. The van der Waals surface area contributed by atoms with Gasteiger partial charge in [0.2, 0.25) is 0 Å². The lowest BCUT2D eigenvalue weighted by Crippen LogP contribution is -2.34. The van der Waals surface area contributed by atoms with Crippen LogP contribution in [0.5, 0.6) is 0 Å². The Morgan fingerprint density at radius 3 is 2.55 bits per heavy atom. The van der Waals surface area contributed by atoms with Gasteiger partial charge in [-0.15, -0.1) is 0 Å². The molecule has 0 aromatic carbocycles. The quantitative estimate of drug-likeness (QED) is 0.562. The van der Waals surface area contributed by atoms with E-state index in [1.54, 1.807) is 18.6 Å². The molecular formula is C19H19F3N6O3. The van der Waals surface area contributed by atoms with Crippen molar-refractivity contribution < 1.29 is 27.9 Å². The first-order valence-electron chi connectivity index (χ1n) is 9.32. The van der Waals surface area contributed by atoms with Crippen LogP contribution in [0.2, 0.25) is 0 Å². The number of aromatic nitrogens is 4. The highest BCUT2D eigenvalue weighted by atomic mass is 19.4. The van der Waals surface area contributed by atoms with Gasteiger partial charge in [-0.25, -0.2) is 14.8 Å². The molecule has 1 aliphatic heterocycles. The number of halogens is 3. The maximum atomic E-state index is 12.5. The Morgan fingerprint density at radius 2 is 1.87 bits per heavy atom. The van der Waals surface area contributed by atoms with Crippen LogP contribution >= 0.6 is 0 Å². The molecule has 0 aliphatic carbocycles. The number of pyridine rings is 1. The number of amides is 1. The third-order valence-corrected chi connectivity index (χ3v) is 4.47. The molecule has 0 radical (unpaired) electrons. The molecule has 0 atom stereocenters. The second-order valence-corrected chi connectivity index (χ2v) is 6.59. The molecule has 1 amide bonds. The molecule has 31 heavy (non-hydrogen) atoms. The van der Waals surface area contributed by atoms with E-state index in [1.807, 2.05) is 23.2 Å². The normalized spacial score (nSPS) is 14.5. The summed E-state index contributed by atoms with van der Waals surface area (Å²) in [5, 5.41) is 11.4. The number of carboxylic acid groups (broad SMARTS) is 1. The van der Waals surface area contributed by atoms with Crippen LogP contribution in [0.3, 0.4) is 0 Å². The van der Waals surface area contributed by atoms with E-state index in [0.717, 1.165) is 48.3 Å². The zero-order valence-electron chi connectivity index (χ0n) is 16.2. The SMILES string of the molecule is O=C(O)C(F)(F)F.O=C(c1cnc(-c2c[nH]c3ncccc23)cn1)N1CCCNCC1. The number of hydrogen-bond donors (Lipinski definition) is 3. The molecule has 0 bridgehead atoms. The van der Waals surface area contributed by atoms with Crippen molar-refractivity contribution in [2.24, 2.45) is 0 Å². The number of carboxylic acids is 1. The first kappa shape index (κ1) is 22.2. The van der Waals surface area contributed by atoms with Crippen LogP contribution in [0.25, 0.3) is 22.3 Å². The van der Waals surface area contributed by atoms with E-state index in [0.29, 0.717) is 12.2 Å². The lowest BCUT2D eigenvalue weighted by molar-refractivity contribution is -0.192. The molecule has 0 spiro atoms. The predicted octanol–water partition coefficient (Wildman–Crippen LogP) is 2.09. The summed E-state index contributed by atoms with van der Waals surface area (Å²) in [7, 11) is 0. The number of rotatable bonds is 2. The summed E-state index contributed by atoms with van der Waals surface area (Å²) in [6.07, 6.45) is 2.69. The van der Waals surface area contributed by atoms with Crippen LogP contribution in [0, 0.1) is 0 Å². The Kier molecular flexibility index (Phi) is 6.80. The van der Waals surface area contributed by atoms with Gasteiger partial charge in [0.25, 0.3) is 5.91 Å². The Hall–Kier alpha value is -3.54. The second-order valence-electron chi connectivity index (χ2n) is 6.59. The van der Waals surface area contributed by atoms with E-state index in [2.05, 4.69) is 25.3 Å². The van der Waals surface area contributed by atoms with Gasteiger partial charge in [-0.2, -0.15) is 13.2 Å². The zero-order valence-corrected chi connectivity index (χ0v) is 16.2. The number of carbonyl (C=O) groups is 2. The summed E-state index contributed by atoms with van der Waals surface area (Å²) in [6.45, 7) is 3.22. The number of nitrogens with one attached hydrogen (secondary N) is 2. The molecule has 1 aliphatic rings. The number of aromatic amines is 1. The predicted molar refractivity (Wildman–Crippen MR) is 104 cm³/mol. The Balaban J connectivity index is 0.000000339. The monoisotopic (exact) mass is 436 g/mol. The van der Waals surface area contributed by atoms with Gasteiger partial charge in [0.1, 0.15) is 11.3 Å². The Bertz CT molecular complexity index is 1040. The van der Waals surface area contributed by atoms with E-state index >= 15 is 0 Å². The van der Waals surface area contributed by atoms with Crippen LogP contribution in [-0.2, 0) is 4.79 Å². The maximum Gasteiger partial charge on any atom is 0.490 e. The number of carbonyl (C=O) groups excluding carboxylic acids is 1. The van der Waals surface area contributed by atoms with Crippen molar-refractivity contribution in [3.63, 3.8) is 0 Å². The first-order chi connectivity index (χ1) is 14.8. The molecule has 1 fully saturated rings. The van der Waals surface area contributed by atoms with Crippen LogP contribution in [0.15, 0.2) is 36.9 Å². The minimum atomic E-state index is -5.08. The number of alkyl halides is 3. The summed E-state index contributed by atoms with van der Waals surface area (Å²) in [5.41, 5.74) is 2.86. The summed E-state index contributed by atoms with van der Waals surface area (Å²) in [4.78, 5) is 39.4. The molecule has 3 N–H and O–H groups in total. The van der Waals surface area contributed by atoms with Crippen LogP contribution in [-0.4, -0.2) is 74.2 Å². The van der Waals surface area contributed by atoms with Crippen molar-refractivity contribution in [1.29, 1.82) is 0 Å². The summed E-state index contributed by atoms with van der Waals surface area (Å²) >= 11 is 0. The highest BCUT2D eigenvalue weighted by Gasteiger charge is 2.38. The van der Waals surface area contributed by atoms with Crippen LogP contribution in [0.4, 0.5) is 13.2 Å². The molecule has 0 saturated carbocycles. The van der Waals surface area contributed by atoms with Crippen LogP contribution < -0.4 is 5.32 Å². The van der Waals surface area contributed by atoms with Gasteiger partial charge in [-0.1, -0.05) is 0 Å². The summed E-state index contributed by atoms with van der Waals surface area (Å²) in [5.74, 6) is -2.81. The molecule has 4 heterocycles. The molecular weight excluding hydrogens is 417 g/mol. The van der Waals surface area contributed by atoms with Gasteiger partial charge in [0, 0.05) is 43.0 Å². The molecule has 3 aromatic heterocycles. The van der Waals surface area contributed by atoms with Gasteiger partial charge in [-0.3, -0.25) is 9.78 Å². The van der Waals surface area contributed by atoms with Gasteiger partial charge >= 0.3 is 12.1 Å². The Morgan fingerprint density at radius 1 is 1.10 bits per heavy atom. The van der Waals surface area contributed by atoms with E-state index in [9.17, 15) is 18.0 Å². The third-order valence-electron chi connectivity index (χ3n) is 4.47. The number of aliphatic carboxylic acids is 1. The average molecular weight is 436 g/mol. The van der Waals surface area contributed by atoms with E-state index in [1.165, 1.54) is 0 Å². The molecule has 1 saturated heterocycles. The molecule has 4 rings (SSSR count). The van der Waals surface area contributed by atoms with Crippen LogP contribution in [0.1, 0.15) is 16.9 Å². The maximum absolute atomic E-state index is 12.5. The standard InChI is InChI=1S/C17H18N6O.C2HF3O2/c24-17(23-7-2-4-18-6-8-23)15-11-20-14(10-21-15)13-9-22-16-12(13)3-1-5-19-16;3-2(4,5)1(6)7/h1,3,5,9-11,18H,2,4,6-8H2,(H,19,22);(H,6,7). The average Bonchev–Trinajstić information content (AvgIpc) is 2.99. The summed E-state index contributed by atoms with van der Waals surface area (Å²) in [6, 6.07) is 3.87. The first-order valence-corrected chi connectivity index (χ1v) is 9.32. The number of hydrogen-bond acceptors (Lipinski definition) is 6. The second kappa shape index (κ2) is 9.51. The molecule has 12 heteroatoms. The van der Waals surface area contributed by atoms with Gasteiger partial charge < -0.3 is 20.3 Å². The fourth-order valence-corrected chi connectivity index (χ4v) is 2.96. The van der Waals surface area contributed by atoms with Crippen molar-refractivity contribution in [3.05, 3.63) is 42.6 Å². The van der Waals surface area contributed by atoms with Crippen molar-refractivity contribution in [1.82, 2.24) is 30.2 Å². The lowest BCUT2D eigenvalue weighted by Gasteiger charge is -2.19. The summed E-state index contributed by atoms with van der Waals surface area (Å²) < 4.78 is 31.7. The highest BCUT2D eigenvalue weighted by Crippen LogP contribution is 2.25. The van der Waals surface area contributed by atoms with Gasteiger partial charge in [0.15, 0.2) is 0 Å². The molecule has 164 valence electrons. The van der Waals surface area contributed by atoms with Crippen molar-refractivity contribution in [3.8, 4) is 11.3 Å². The highest BCUT2D eigenvalue weighted by molar-refractivity contribution is 5.94. The topological polar surface area (TPSA) is 124 Å². The minimum absolute atomic E-state index is 0.0571. The van der Waals surface area contributed by atoms with E-state index in [-0.39, 0.29) is 5.91 Å².